The Morgan fingerprint density at radius 2 is 2.40 bits per heavy atom. The van der Waals surface area contributed by atoms with Gasteiger partial charge in [-0.05, 0) is 24.6 Å². The summed E-state index contributed by atoms with van der Waals surface area (Å²) < 4.78 is 2.09. The maximum Gasteiger partial charge on any atom is 0.151 e. The van der Waals surface area contributed by atoms with E-state index in [2.05, 4.69) is 11.6 Å². The predicted octanol–water partition coefficient (Wildman–Crippen LogP) is 3.67. The Balaban J connectivity index is 2.19. The van der Waals surface area contributed by atoms with Crippen molar-refractivity contribution in [3.05, 3.63) is 30.9 Å². The van der Waals surface area contributed by atoms with Crippen molar-refractivity contribution in [3.63, 3.8) is 0 Å². The number of hydrogen-bond acceptors (Lipinski definition) is 4. The summed E-state index contributed by atoms with van der Waals surface area (Å²) in [6.45, 7) is 3.68. The van der Waals surface area contributed by atoms with Crippen molar-refractivity contribution in [3.8, 4) is 5.75 Å². The van der Waals surface area contributed by atoms with Crippen molar-refractivity contribution in [2.45, 2.75) is 10.8 Å². The normalized spacial score (nSPS) is 10.7. The summed E-state index contributed by atoms with van der Waals surface area (Å²) in [7, 11) is 0. The number of benzene rings is 1. The lowest BCUT2D eigenvalue weighted by atomic mass is 10.3. The number of hydrogen-bond donors (Lipinski definition) is 1. The lowest BCUT2D eigenvalue weighted by Gasteiger charge is -1.90. The average molecular weight is 237 g/mol. The van der Waals surface area contributed by atoms with Crippen LogP contribution in [0.5, 0.6) is 5.75 Å². The van der Waals surface area contributed by atoms with Gasteiger partial charge in [0.2, 0.25) is 0 Å². The fourth-order valence-electron chi connectivity index (χ4n) is 1.18. The quantitative estimate of drug-likeness (QED) is 0.500. The third-order valence-corrected chi connectivity index (χ3v) is 4.09. The van der Waals surface area contributed by atoms with E-state index >= 15 is 0 Å². The first-order valence-corrected chi connectivity index (χ1v) is 6.43. The maximum absolute atomic E-state index is 9.31. The number of allylic oxidation sites excluding steroid dienone is 1. The van der Waals surface area contributed by atoms with Crippen molar-refractivity contribution in [1.29, 1.82) is 0 Å². The minimum atomic E-state index is 0.300. The molecular formula is C11H11NOS2. The highest BCUT2D eigenvalue weighted by molar-refractivity contribution is 8.01. The second kappa shape index (κ2) is 4.68. The molecule has 0 aliphatic carbocycles. The fourth-order valence-corrected chi connectivity index (χ4v) is 3.29. The summed E-state index contributed by atoms with van der Waals surface area (Å²) in [6, 6.07) is 5.27. The number of rotatable bonds is 4. The first kappa shape index (κ1) is 10.5. The monoisotopic (exact) mass is 237 g/mol. The van der Waals surface area contributed by atoms with Gasteiger partial charge in [-0.15, -0.1) is 17.9 Å². The average Bonchev–Trinajstić information content (AvgIpc) is 2.60. The molecule has 0 atom stereocenters. The Hall–Kier alpha value is -1.000. The smallest absolute Gasteiger partial charge is 0.151 e. The molecule has 0 spiro atoms. The second-order valence-electron chi connectivity index (χ2n) is 3.06. The van der Waals surface area contributed by atoms with Crippen molar-refractivity contribution >= 4 is 33.3 Å². The Bertz CT molecular complexity index is 478. The Morgan fingerprint density at radius 1 is 1.53 bits per heavy atom. The molecular weight excluding hydrogens is 226 g/mol. The molecule has 0 unspecified atom stereocenters. The third kappa shape index (κ3) is 2.52. The van der Waals surface area contributed by atoms with Gasteiger partial charge in [-0.25, -0.2) is 4.98 Å². The Morgan fingerprint density at radius 3 is 3.20 bits per heavy atom. The zero-order chi connectivity index (χ0) is 10.7. The van der Waals surface area contributed by atoms with Crippen molar-refractivity contribution in [2.75, 3.05) is 5.75 Å². The first-order valence-electron chi connectivity index (χ1n) is 4.63. The second-order valence-corrected chi connectivity index (χ2v) is 5.43. The zero-order valence-corrected chi connectivity index (χ0v) is 9.77. The molecule has 15 heavy (non-hydrogen) atoms. The van der Waals surface area contributed by atoms with Crippen molar-refractivity contribution in [1.82, 2.24) is 4.98 Å². The Labute approximate surface area is 96.7 Å². The predicted molar refractivity (Wildman–Crippen MR) is 66.8 cm³/mol. The molecule has 2 aromatic rings. The highest BCUT2D eigenvalue weighted by Crippen LogP contribution is 2.31. The molecule has 1 aromatic carbocycles. The van der Waals surface area contributed by atoms with E-state index in [9.17, 15) is 5.11 Å². The summed E-state index contributed by atoms with van der Waals surface area (Å²) >= 11 is 3.35. The molecule has 1 N–H and O–H groups in total. The van der Waals surface area contributed by atoms with Gasteiger partial charge in [-0.1, -0.05) is 17.8 Å². The van der Waals surface area contributed by atoms with Crippen LogP contribution in [0.1, 0.15) is 6.42 Å². The van der Waals surface area contributed by atoms with Gasteiger partial charge in [0.05, 0.1) is 10.2 Å². The summed E-state index contributed by atoms with van der Waals surface area (Å²) in [5.74, 6) is 1.31. The molecule has 0 aliphatic heterocycles. The molecule has 0 bridgehead atoms. The number of phenolic OH excluding ortho intramolecular Hbond substituents is 1. The lowest BCUT2D eigenvalue weighted by molar-refractivity contribution is 0.476. The van der Waals surface area contributed by atoms with Crippen LogP contribution in [0, 0.1) is 0 Å². The van der Waals surface area contributed by atoms with Gasteiger partial charge in [0.1, 0.15) is 5.75 Å². The summed E-state index contributed by atoms with van der Waals surface area (Å²) in [4.78, 5) is 4.46. The third-order valence-electron chi connectivity index (χ3n) is 1.90. The topological polar surface area (TPSA) is 33.1 Å². The van der Waals surface area contributed by atoms with E-state index in [0.717, 1.165) is 26.7 Å². The molecule has 0 saturated carbocycles. The minimum Gasteiger partial charge on any atom is -0.508 e. The number of fused-ring (bicyclic) bond motifs is 1. The van der Waals surface area contributed by atoms with Crippen LogP contribution >= 0.6 is 23.1 Å². The molecule has 0 aliphatic rings. The van der Waals surface area contributed by atoms with Crippen LogP contribution in [0.2, 0.25) is 0 Å². The summed E-state index contributed by atoms with van der Waals surface area (Å²) in [6.07, 6.45) is 2.90. The SMILES string of the molecule is C=CCCSc1nc2ccc(O)cc2s1. The Kier molecular flexibility index (Phi) is 3.28. The highest BCUT2D eigenvalue weighted by Gasteiger charge is 2.04. The molecule has 4 heteroatoms. The van der Waals surface area contributed by atoms with Gasteiger partial charge < -0.3 is 5.11 Å². The van der Waals surface area contributed by atoms with Crippen molar-refractivity contribution in [2.24, 2.45) is 0 Å². The van der Waals surface area contributed by atoms with Gasteiger partial charge in [-0.2, -0.15) is 0 Å². The molecule has 0 fully saturated rings. The molecule has 1 aromatic heterocycles. The van der Waals surface area contributed by atoms with Crippen LogP contribution in [0.25, 0.3) is 10.2 Å². The number of aromatic hydroxyl groups is 1. The van der Waals surface area contributed by atoms with Gasteiger partial charge in [-0.3, -0.25) is 0 Å². The maximum atomic E-state index is 9.31. The van der Waals surface area contributed by atoms with E-state index in [1.165, 1.54) is 0 Å². The number of nitrogens with zero attached hydrogens (tertiary/aromatic N) is 1. The van der Waals surface area contributed by atoms with Crippen LogP contribution in [0.4, 0.5) is 0 Å². The minimum absolute atomic E-state index is 0.300. The van der Waals surface area contributed by atoms with E-state index < -0.39 is 0 Å². The molecule has 2 rings (SSSR count). The van der Waals surface area contributed by atoms with E-state index in [4.69, 9.17) is 0 Å². The van der Waals surface area contributed by atoms with Gasteiger partial charge in [0.25, 0.3) is 0 Å². The van der Waals surface area contributed by atoms with Crippen molar-refractivity contribution < 1.29 is 5.11 Å². The molecule has 0 radical (unpaired) electrons. The summed E-state index contributed by atoms with van der Waals surface area (Å²) in [5, 5.41) is 9.31. The van der Waals surface area contributed by atoms with E-state index in [1.807, 2.05) is 12.1 Å². The summed E-state index contributed by atoms with van der Waals surface area (Å²) in [5.41, 5.74) is 0.957. The van der Waals surface area contributed by atoms with Gasteiger partial charge >= 0.3 is 0 Å². The van der Waals surface area contributed by atoms with Gasteiger partial charge in [0.15, 0.2) is 4.34 Å². The first-order chi connectivity index (χ1) is 7.29. The largest absolute Gasteiger partial charge is 0.508 e. The number of thiazole rings is 1. The van der Waals surface area contributed by atoms with E-state index in [-0.39, 0.29) is 0 Å². The molecule has 0 saturated heterocycles. The fraction of sp³-hybridized carbons (Fsp3) is 0.182. The van der Waals surface area contributed by atoms with Crippen LogP contribution in [-0.4, -0.2) is 15.8 Å². The highest BCUT2D eigenvalue weighted by atomic mass is 32.2. The van der Waals surface area contributed by atoms with Crippen LogP contribution < -0.4 is 0 Å². The van der Waals surface area contributed by atoms with E-state index in [1.54, 1.807) is 35.2 Å². The molecule has 78 valence electrons. The van der Waals surface area contributed by atoms with E-state index in [0.29, 0.717) is 5.75 Å². The number of thioether (sulfide) groups is 1. The molecule has 1 heterocycles. The number of aromatic nitrogens is 1. The van der Waals surface area contributed by atoms with Gasteiger partial charge in [0, 0.05) is 5.75 Å². The number of phenols is 1. The zero-order valence-electron chi connectivity index (χ0n) is 8.14. The van der Waals surface area contributed by atoms with Crippen LogP contribution in [-0.2, 0) is 0 Å². The van der Waals surface area contributed by atoms with Crippen LogP contribution in [0.3, 0.4) is 0 Å². The standard InChI is InChI=1S/C11H11NOS2/c1-2-3-6-14-11-12-9-5-4-8(13)7-10(9)15-11/h2,4-5,7,13H,1,3,6H2. The van der Waals surface area contributed by atoms with Crippen LogP contribution in [0.15, 0.2) is 35.2 Å². The molecule has 2 nitrogen and oxygen atoms in total. The molecule has 0 amide bonds. The lowest BCUT2D eigenvalue weighted by Crippen LogP contribution is -1.74.